The van der Waals surface area contributed by atoms with Gasteiger partial charge < -0.3 is 20.9 Å². The van der Waals surface area contributed by atoms with Crippen molar-refractivity contribution in [2.24, 2.45) is 5.73 Å². The van der Waals surface area contributed by atoms with Gasteiger partial charge in [0.25, 0.3) is 0 Å². The molecule has 0 atom stereocenters. The molecule has 0 aliphatic carbocycles. The average molecular weight is 329 g/mol. The molecule has 0 aliphatic rings. The summed E-state index contributed by atoms with van der Waals surface area (Å²) in [6.07, 6.45) is 0. The molecule has 0 bridgehead atoms. The molecular formula is C15H25ClN4S. The summed E-state index contributed by atoms with van der Waals surface area (Å²) in [6.45, 7) is 9.62. The van der Waals surface area contributed by atoms with Gasteiger partial charge in [-0.3, -0.25) is 0 Å². The Morgan fingerprint density at radius 1 is 1.14 bits per heavy atom. The molecule has 21 heavy (non-hydrogen) atoms. The molecule has 0 aromatic heterocycles. The summed E-state index contributed by atoms with van der Waals surface area (Å²) in [5.74, 6) is 0. The lowest BCUT2D eigenvalue weighted by atomic mass is 10.3. The third-order valence-electron chi connectivity index (χ3n) is 3.36. The van der Waals surface area contributed by atoms with Crippen LogP contribution in [-0.4, -0.2) is 54.2 Å². The second kappa shape index (κ2) is 9.95. The highest BCUT2D eigenvalue weighted by Crippen LogP contribution is 2.14. The van der Waals surface area contributed by atoms with Gasteiger partial charge in [-0.25, -0.2) is 0 Å². The molecule has 6 heteroatoms. The number of likely N-dealkylation sites (N-methyl/N-ethyl adjacent to an activating group) is 1. The van der Waals surface area contributed by atoms with Crippen LogP contribution >= 0.6 is 23.8 Å². The van der Waals surface area contributed by atoms with E-state index in [2.05, 4.69) is 29.0 Å². The molecule has 0 amide bonds. The van der Waals surface area contributed by atoms with Crippen LogP contribution in [0.5, 0.6) is 0 Å². The second-order valence-electron chi connectivity index (χ2n) is 4.74. The lowest BCUT2D eigenvalue weighted by molar-refractivity contribution is 0.270. The SMILES string of the molecule is CCN(CC)CCN(CCN)C(=S)Nc1ccc(Cl)cc1. The molecule has 0 unspecified atom stereocenters. The maximum absolute atomic E-state index is 5.88. The second-order valence-corrected chi connectivity index (χ2v) is 5.56. The minimum atomic E-state index is 0.584. The Balaban J connectivity index is 2.57. The number of benzene rings is 1. The zero-order valence-corrected chi connectivity index (χ0v) is 14.4. The molecule has 1 rings (SSSR count). The summed E-state index contributed by atoms with van der Waals surface area (Å²) in [5.41, 5.74) is 6.63. The summed E-state index contributed by atoms with van der Waals surface area (Å²) in [6, 6.07) is 7.52. The Kier molecular flexibility index (Phi) is 8.61. The number of nitrogens with two attached hydrogens (primary N) is 1. The number of nitrogens with one attached hydrogen (secondary N) is 1. The fourth-order valence-electron chi connectivity index (χ4n) is 2.01. The normalized spacial score (nSPS) is 10.7. The molecule has 0 saturated heterocycles. The minimum absolute atomic E-state index is 0.584. The number of rotatable bonds is 8. The highest BCUT2D eigenvalue weighted by molar-refractivity contribution is 7.80. The van der Waals surface area contributed by atoms with Crippen molar-refractivity contribution in [3.05, 3.63) is 29.3 Å². The zero-order chi connectivity index (χ0) is 15.7. The van der Waals surface area contributed by atoms with Gasteiger partial charge in [-0.1, -0.05) is 25.4 Å². The van der Waals surface area contributed by atoms with E-state index < -0.39 is 0 Å². The molecule has 0 aliphatic heterocycles. The van der Waals surface area contributed by atoms with E-state index in [1.807, 2.05) is 24.3 Å². The minimum Gasteiger partial charge on any atom is -0.346 e. The fourth-order valence-corrected chi connectivity index (χ4v) is 2.43. The molecule has 1 aromatic carbocycles. The van der Waals surface area contributed by atoms with Crippen molar-refractivity contribution >= 4 is 34.6 Å². The fraction of sp³-hybridized carbons (Fsp3) is 0.533. The van der Waals surface area contributed by atoms with Gasteiger partial charge in [-0.05, 0) is 49.6 Å². The van der Waals surface area contributed by atoms with E-state index in [1.165, 1.54) is 0 Å². The quantitative estimate of drug-likeness (QED) is 0.718. The predicted octanol–water partition coefficient (Wildman–Crippen LogP) is 2.64. The standard InChI is InChI=1S/C15H25ClN4S/c1-3-19(4-2)11-12-20(10-9-17)15(21)18-14-7-5-13(16)6-8-14/h5-8H,3-4,9-12,17H2,1-2H3,(H,18,21). The van der Waals surface area contributed by atoms with Crippen LogP contribution in [-0.2, 0) is 0 Å². The predicted molar refractivity (Wildman–Crippen MR) is 96.1 cm³/mol. The van der Waals surface area contributed by atoms with Crippen molar-refractivity contribution < 1.29 is 0 Å². The van der Waals surface area contributed by atoms with Crippen molar-refractivity contribution in [3.63, 3.8) is 0 Å². The van der Waals surface area contributed by atoms with Gasteiger partial charge in [-0.15, -0.1) is 0 Å². The van der Waals surface area contributed by atoms with Crippen molar-refractivity contribution in [1.29, 1.82) is 0 Å². The lowest BCUT2D eigenvalue weighted by Crippen LogP contribution is -2.43. The van der Waals surface area contributed by atoms with Crippen molar-refractivity contribution in [3.8, 4) is 0 Å². The Labute approximate surface area is 138 Å². The van der Waals surface area contributed by atoms with Gasteiger partial charge >= 0.3 is 0 Å². The Morgan fingerprint density at radius 2 is 1.76 bits per heavy atom. The number of anilines is 1. The monoisotopic (exact) mass is 328 g/mol. The third-order valence-corrected chi connectivity index (χ3v) is 3.97. The van der Waals surface area contributed by atoms with Crippen molar-refractivity contribution in [2.75, 3.05) is 44.6 Å². The summed E-state index contributed by atoms with van der Waals surface area (Å²) in [5, 5.41) is 4.66. The molecule has 0 radical (unpaired) electrons. The van der Waals surface area contributed by atoms with Crippen LogP contribution in [0.2, 0.25) is 5.02 Å². The maximum atomic E-state index is 5.88. The van der Waals surface area contributed by atoms with Gasteiger partial charge in [0, 0.05) is 36.9 Å². The van der Waals surface area contributed by atoms with E-state index in [0.29, 0.717) is 16.7 Å². The Hall–Kier alpha value is -0.880. The Morgan fingerprint density at radius 3 is 2.29 bits per heavy atom. The van der Waals surface area contributed by atoms with Gasteiger partial charge in [0.2, 0.25) is 0 Å². The van der Waals surface area contributed by atoms with Crippen LogP contribution in [0.15, 0.2) is 24.3 Å². The molecule has 0 spiro atoms. The first-order valence-corrected chi connectivity index (χ1v) is 8.13. The molecule has 3 N–H and O–H groups in total. The molecular weight excluding hydrogens is 304 g/mol. The average Bonchev–Trinajstić information content (AvgIpc) is 2.49. The molecule has 118 valence electrons. The van der Waals surface area contributed by atoms with Crippen LogP contribution < -0.4 is 11.1 Å². The highest BCUT2D eigenvalue weighted by Gasteiger charge is 2.10. The number of hydrogen-bond acceptors (Lipinski definition) is 3. The van der Waals surface area contributed by atoms with E-state index in [-0.39, 0.29) is 0 Å². The number of hydrogen-bond donors (Lipinski definition) is 2. The smallest absolute Gasteiger partial charge is 0.173 e. The topological polar surface area (TPSA) is 44.5 Å². The van der Waals surface area contributed by atoms with E-state index in [0.717, 1.165) is 38.4 Å². The summed E-state index contributed by atoms with van der Waals surface area (Å²) in [7, 11) is 0. The largest absolute Gasteiger partial charge is 0.346 e. The molecule has 0 fully saturated rings. The zero-order valence-electron chi connectivity index (χ0n) is 12.8. The summed E-state index contributed by atoms with van der Waals surface area (Å²) >= 11 is 11.4. The lowest BCUT2D eigenvalue weighted by Gasteiger charge is -2.28. The van der Waals surface area contributed by atoms with Crippen LogP contribution in [0.1, 0.15) is 13.8 Å². The van der Waals surface area contributed by atoms with E-state index in [1.54, 1.807) is 0 Å². The van der Waals surface area contributed by atoms with Crippen molar-refractivity contribution in [2.45, 2.75) is 13.8 Å². The van der Waals surface area contributed by atoms with Gasteiger partial charge in [-0.2, -0.15) is 0 Å². The molecule has 0 saturated carbocycles. The van der Waals surface area contributed by atoms with Crippen LogP contribution in [0, 0.1) is 0 Å². The third kappa shape index (κ3) is 6.61. The van der Waals surface area contributed by atoms with Gasteiger partial charge in [0.05, 0.1) is 0 Å². The van der Waals surface area contributed by atoms with Crippen LogP contribution in [0.4, 0.5) is 5.69 Å². The number of nitrogens with zero attached hydrogens (tertiary/aromatic N) is 2. The van der Waals surface area contributed by atoms with E-state index >= 15 is 0 Å². The highest BCUT2D eigenvalue weighted by atomic mass is 35.5. The molecule has 0 heterocycles. The number of thiocarbonyl (C=S) groups is 1. The number of halogens is 1. The Bertz CT molecular complexity index is 420. The first-order valence-electron chi connectivity index (χ1n) is 7.34. The van der Waals surface area contributed by atoms with Crippen molar-refractivity contribution in [1.82, 2.24) is 9.80 Å². The molecule has 1 aromatic rings. The van der Waals surface area contributed by atoms with Gasteiger partial charge in [0.15, 0.2) is 5.11 Å². The first-order chi connectivity index (χ1) is 10.1. The first kappa shape index (κ1) is 18.2. The summed E-state index contributed by atoms with van der Waals surface area (Å²) in [4.78, 5) is 4.48. The maximum Gasteiger partial charge on any atom is 0.173 e. The van der Waals surface area contributed by atoms with Crippen LogP contribution in [0.25, 0.3) is 0 Å². The summed E-state index contributed by atoms with van der Waals surface area (Å²) < 4.78 is 0. The van der Waals surface area contributed by atoms with Crippen LogP contribution in [0.3, 0.4) is 0 Å². The van der Waals surface area contributed by atoms with E-state index in [4.69, 9.17) is 29.6 Å². The van der Waals surface area contributed by atoms with E-state index in [9.17, 15) is 0 Å². The molecule has 4 nitrogen and oxygen atoms in total. The van der Waals surface area contributed by atoms with Gasteiger partial charge in [0.1, 0.15) is 0 Å².